The topological polar surface area (TPSA) is 72.9 Å². The van der Waals surface area contributed by atoms with Crippen LogP contribution in [0.5, 0.6) is 0 Å². The van der Waals surface area contributed by atoms with Gasteiger partial charge in [0.15, 0.2) is 0 Å². The zero-order chi connectivity index (χ0) is 17.3. The molecule has 0 spiro atoms. The van der Waals surface area contributed by atoms with Crippen molar-refractivity contribution in [2.45, 2.75) is 33.4 Å². The average molecular weight is 324 g/mol. The van der Waals surface area contributed by atoms with Gasteiger partial charge in [-0.15, -0.1) is 0 Å². The van der Waals surface area contributed by atoms with Gasteiger partial charge in [-0.2, -0.15) is 5.10 Å². The van der Waals surface area contributed by atoms with E-state index < -0.39 is 5.97 Å². The molecule has 6 nitrogen and oxygen atoms in total. The highest BCUT2D eigenvalue weighted by Crippen LogP contribution is 2.23. The molecule has 3 rings (SSSR count). The van der Waals surface area contributed by atoms with Gasteiger partial charge >= 0.3 is 5.97 Å². The molecule has 1 aromatic carbocycles. The lowest BCUT2D eigenvalue weighted by Gasteiger charge is -2.17. The highest BCUT2D eigenvalue weighted by atomic mass is 16.4. The highest BCUT2D eigenvalue weighted by Gasteiger charge is 2.14. The molecule has 2 aromatic heterocycles. The summed E-state index contributed by atoms with van der Waals surface area (Å²) in [6.45, 7) is 6.90. The molecule has 1 atom stereocenters. The summed E-state index contributed by atoms with van der Waals surface area (Å²) in [5.74, 6) is -0.108. The Bertz CT molecular complexity index is 862. The van der Waals surface area contributed by atoms with Gasteiger partial charge in [0.2, 0.25) is 0 Å². The Morgan fingerprint density at radius 2 is 1.96 bits per heavy atom. The molecule has 1 N–H and O–H groups in total. The van der Waals surface area contributed by atoms with Crippen LogP contribution >= 0.6 is 0 Å². The zero-order valence-electron chi connectivity index (χ0n) is 14.0. The molecule has 0 saturated carbocycles. The van der Waals surface area contributed by atoms with Crippen molar-refractivity contribution in [1.82, 2.24) is 19.3 Å². The van der Waals surface area contributed by atoms with Gasteiger partial charge < -0.3 is 9.67 Å². The Morgan fingerprint density at radius 3 is 2.54 bits per heavy atom. The third-order valence-electron chi connectivity index (χ3n) is 4.07. The molecule has 124 valence electrons. The predicted octanol–water partition coefficient (Wildman–Crippen LogP) is 3.32. The maximum Gasteiger partial charge on any atom is 0.335 e. The molecule has 0 aliphatic carbocycles. The molecule has 0 saturated heterocycles. The van der Waals surface area contributed by atoms with E-state index in [1.165, 1.54) is 0 Å². The Kier molecular flexibility index (Phi) is 4.20. The number of benzene rings is 1. The number of imidazole rings is 1. The van der Waals surface area contributed by atoms with Gasteiger partial charge in [0, 0.05) is 23.7 Å². The molecule has 24 heavy (non-hydrogen) atoms. The van der Waals surface area contributed by atoms with Crippen LogP contribution in [0.3, 0.4) is 0 Å². The second-order valence-electron chi connectivity index (χ2n) is 6.00. The van der Waals surface area contributed by atoms with Crippen molar-refractivity contribution in [1.29, 1.82) is 0 Å². The quantitative estimate of drug-likeness (QED) is 0.781. The summed E-state index contributed by atoms with van der Waals surface area (Å²) < 4.78 is 4.09. The monoisotopic (exact) mass is 324 g/mol. The molecule has 0 bridgehead atoms. The number of hydrogen-bond acceptors (Lipinski definition) is 3. The lowest BCUT2D eigenvalue weighted by molar-refractivity contribution is 0.0697. The number of hydrogen-bond donors (Lipinski definition) is 1. The van der Waals surface area contributed by atoms with Crippen LogP contribution in [-0.4, -0.2) is 30.4 Å². The largest absolute Gasteiger partial charge is 0.478 e. The third kappa shape index (κ3) is 3.08. The van der Waals surface area contributed by atoms with Crippen molar-refractivity contribution < 1.29 is 9.90 Å². The van der Waals surface area contributed by atoms with E-state index in [1.54, 1.807) is 30.5 Å². The van der Waals surface area contributed by atoms with Crippen LogP contribution in [0.1, 0.15) is 34.7 Å². The maximum atomic E-state index is 11.0. The van der Waals surface area contributed by atoms with Crippen LogP contribution in [0.25, 0.3) is 11.4 Å². The Morgan fingerprint density at radius 1 is 1.25 bits per heavy atom. The van der Waals surface area contributed by atoms with E-state index in [2.05, 4.69) is 27.6 Å². The average Bonchev–Trinajstić information content (AvgIpc) is 3.14. The van der Waals surface area contributed by atoms with Crippen LogP contribution in [0.4, 0.5) is 0 Å². The fourth-order valence-electron chi connectivity index (χ4n) is 2.85. The minimum Gasteiger partial charge on any atom is -0.478 e. The highest BCUT2D eigenvalue weighted by molar-refractivity contribution is 5.88. The summed E-state index contributed by atoms with van der Waals surface area (Å²) >= 11 is 0. The lowest BCUT2D eigenvalue weighted by Crippen LogP contribution is -2.15. The Labute approximate surface area is 140 Å². The molecule has 2 heterocycles. The van der Waals surface area contributed by atoms with Crippen LogP contribution in [-0.2, 0) is 6.54 Å². The van der Waals surface area contributed by atoms with Gasteiger partial charge in [-0.25, -0.2) is 9.78 Å². The standard InChI is InChI=1S/C18H20N4O2/c1-12-10-13(2)22(20-12)11-14(3)21-9-8-19-17(21)15-4-6-16(7-5-15)18(23)24/h4-10,14H,11H2,1-3H3,(H,23,24)/t14-/m1/s1. The van der Waals surface area contributed by atoms with Crippen molar-refractivity contribution in [3.05, 3.63) is 59.7 Å². The summed E-state index contributed by atoms with van der Waals surface area (Å²) in [5.41, 5.74) is 3.31. The maximum absolute atomic E-state index is 11.0. The van der Waals surface area contributed by atoms with Crippen LogP contribution in [0.2, 0.25) is 0 Å². The van der Waals surface area contributed by atoms with Gasteiger partial charge in [-0.05, 0) is 39.0 Å². The van der Waals surface area contributed by atoms with Crippen LogP contribution in [0.15, 0.2) is 42.7 Å². The number of aromatic carboxylic acids is 1. The van der Waals surface area contributed by atoms with Gasteiger partial charge in [-0.3, -0.25) is 4.68 Å². The second-order valence-corrected chi connectivity index (χ2v) is 6.00. The van der Waals surface area contributed by atoms with E-state index in [1.807, 2.05) is 24.7 Å². The smallest absolute Gasteiger partial charge is 0.335 e. The minimum absolute atomic E-state index is 0.166. The fraction of sp³-hybridized carbons (Fsp3) is 0.278. The number of aromatic nitrogens is 4. The van der Waals surface area contributed by atoms with Crippen molar-refractivity contribution in [2.75, 3.05) is 0 Å². The molecule has 0 fully saturated rings. The number of carboxylic acid groups (broad SMARTS) is 1. The Balaban J connectivity index is 1.86. The summed E-state index contributed by atoms with van der Waals surface area (Å²) in [5, 5.41) is 13.5. The van der Waals surface area contributed by atoms with E-state index in [-0.39, 0.29) is 11.6 Å². The first-order valence-electron chi connectivity index (χ1n) is 7.83. The first-order chi connectivity index (χ1) is 11.5. The molecular weight excluding hydrogens is 304 g/mol. The first kappa shape index (κ1) is 16.0. The van der Waals surface area contributed by atoms with Crippen LogP contribution < -0.4 is 0 Å². The van der Waals surface area contributed by atoms with E-state index in [4.69, 9.17) is 5.11 Å². The number of rotatable bonds is 5. The molecule has 0 aliphatic heterocycles. The molecule has 0 aliphatic rings. The summed E-state index contributed by atoms with van der Waals surface area (Å²) in [6, 6.07) is 9.01. The van der Waals surface area contributed by atoms with Gasteiger partial charge in [0.05, 0.1) is 23.8 Å². The number of nitrogens with zero attached hydrogens (tertiary/aromatic N) is 4. The lowest BCUT2D eigenvalue weighted by atomic mass is 10.1. The first-order valence-corrected chi connectivity index (χ1v) is 7.83. The van der Waals surface area contributed by atoms with E-state index in [0.29, 0.717) is 0 Å². The minimum atomic E-state index is -0.928. The molecule has 0 unspecified atom stereocenters. The van der Waals surface area contributed by atoms with E-state index >= 15 is 0 Å². The number of carbonyl (C=O) groups is 1. The Hall–Kier alpha value is -2.89. The summed E-state index contributed by atoms with van der Waals surface area (Å²) in [6.07, 6.45) is 3.70. The zero-order valence-corrected chi connectivity index (χ0v) is 14.0. The molecule has 0 radical (unpaired) electrons. The van der Waals surface area contributed by atoms with Crippen molar-refractivity contribution in [3.8, 4) is 11.4 Å². The fourth-order valence-corrected chi connectivity index (χ4v) is 2.85. The normalized spacial score (nSPS) is 12.3. The van der Waals surface area contributed by atoms with E-state index in [9.17, 15) is 4.79 Å². The summed E-state index contributed by atoms with van der Waals surface area (Å²) in [7, 11) is 0. The van der Waals surface area contributed by atoms with Gasteiger partial charge in [0.1, 0.15) is 5.82 Å². The van der Waals surface area contributed by atoms with Crippen molar-refractivity contribution in [3.63, 3.8) is 0 Å². The van der Waals surface area contributed by atoms with Gasteiger partial charge in [0.25, 0.3) is 0 Å². The number of aryl methyl sites for hydroxylation is 2. The molecule has 6 heteroatoms. The third-order valence-corrected chi connectivity index (χ3v) is 4.07. The molecular formula is C18H20N4O2. The molecule has 3 aromatic rings. The van der Waals surface area contributed by atoms with Gasteiger partial charge in [-0.1, -0.05) is 12.1 Å². The van der Waals surface area contributed by atoms with Crippen LogP contribution in [0, 0.1) is 13.8 Å². The molecule has 0 amide bonds. The van der Waals surface area contributed by atoms with Crippen molar-refractivity contribution >= 4 is 5.97 Å². The summed E-state index contributed by atoms with van der Waals surface area (Å²) in [4.78, 5) is 15.4. The second kappa shape index (κ2) is 6.31. The SMILES string of the molecule is Cc1cc(C)n(C[C@@H](C)n2ccnc2-c2ccc(C(=O)O)cc2)n1. The van der Waals surface area contributed by atoms with Crippen molar-refractivity contribution in [2.24, 2.45) is 0 Å². The van der Waals surface area contributed by atoms with E-state index in [0.717, 1.165) is 29.3 Å². The predicted molar refractivity (Wildman–Crippen MR) is 91.0 cm³/mol. The number of carboxylic acids is 1.